The summed E-state index contributed by atoms with van der Waals surface area (Å²) in [5.41, 5.74) is -0.569. The molecule has 2 aromatic rings. The van der Waals surface area contributed by atoms with Gasteiger partial charge in [-0.1, -0.05) is 0 Å². The third-order valence-electron chi connectivity index (χ3n) is 4.13. The normalized spacial score (nSPS) is 15.2. The molecule has 2 aromatic carbocycles. The summed E-state index contributed by atoms with van der Waals surface area (Å²) in [5.74, 6) is -1.63. The van der Waals surface area contributed by atoms with Crippen LogP contribution in [0, 0.1) is 15.9 Å². The van der Waals surface area contributed by atoms with Gasteiger partial charge in [0, 0.05) is 30.4 Å². The molecule has 11 heteroatoms. The Morgan fingerprint density at radius 2 is 1.79 bits per heavy atom. The van der Waals surface area contributed by atoms with Crippen molar-refractivity contribution in [1.29, 1.82) is 0 Å². The molecule has 0 saturated carbocycles. The van der Waals surface area contributed by atoms with Crippen LogP contribution in [0.5, 0.6) is 0 Å². The number of halogens is 1. The van der Waals surface area contributed by atoms with Crippen molar-refractivity contribution in [3.05, 3.63) is 64.0 Å². The minimum absolute atomic E-state index is 0.0446. The molecule has 0 bridgehead atoms. The first-order chi connectivity index (χ1) is 13.3. The first-order valence-corrected chi connectivity index (χ1v) is 9.66. The number of sulfonamides is 1. The van der Waals surface area contributed by atoms with Gasteiger partial charge in [0.1, 0.15) is 0 Å². The van der Waals surface area contributed by atoms with E-state index in [0.717, 1.165) is 12.1 Å². The summed E-state index contributed by atoms with van der Waals surface area (Å²) in [7, 11) is -3.68. The number of carbonyl (C=O) groups is 1. The molecule has 0 aliphatic carbocycles. The number of nitrogens with one attached hydrogen (secondary N) is 1. The number of nitro groups is 1. The number of anilines is 1. The van der Waals surface area contributed by atoms with Gasteiger partial charge in [-0.05, 0) is 36.4 Å². The van der Waals surface area contributed by atoms with Crippen LogP contribution in [0.2, 0.25) is 0 Å². The lowest BCUT2D eigenvalue weighted by Crippen LogP contribution is -2.40. The Balaban J connectivity index is 1.75. The second-order valence-corrected chi connectivity index (χ2v) is 7.86. The number of hydrogen-bond acceptors (Lipinski definition) is 6. The zero-order chi connectivity index (χ0) is 20.3. The highest BCUT2D eigenvalue weighted by atomic mass is 32.2. The molecule has 1 N–H and O–H groups in total. The summed E-state index contributed by atoms with van der Waals surface area (Å²) in [6.07, 6.45) is 0. The Labute approximate surface area is 159 Å². The van der Waals surface area contributed by atoms with Gasteiger partial charge in [0.2, 0.25) is 15.8 Å². The van der Waals surface area contributed by atoms with Gasteiger partial charge < -0.3 is 10.1 Å². The maximum Gasteiger partial charge on any atom is 0.306 e. The fourth-order valence-corrected chi connectivity index (χ4v) is 4.06. The van der Waals surface area contributed by atoms with Crippen molar-refractivity contribution in [2.24, 2.45) is 0 Å². The van der Waals surface area contributed by atoms with Crippen LogP contribution in [-0.4, -0.2) is 49.9 Å². The number of nitrogens with zero attached hydrogens (tertiary/aromatic N) is 2. The average molecular weight is 409 g/mol. The molecule has 0 unspecified atom stereocenters. The van der Waals surface area contributed by atoms with E-state index in [2.05, 4.69) is 5.32 Å². The van der Waals surface area contributed by atoms with E-state index >= 15 is 0 Å². The zero-order valence-electron chi connectivity index (χ0n) is 14.5. The fraction of sp³-hybridized carbons (Fsp3) is 0.235. The van der Waals surface area contributed by atoms with E-state index < -0.39 is 32.4 Å². The van der Waals surface area contributed by atoms with Crippen molar-refractivity contribution in [2.45, 2.75) is 4.90 Å². The maximum absolute atomic E-state index is 13.4. The Morgan fingerprint density at radius 1 is 1.14 bits per heavy atom. The van der Waals surface area contributed by atoms with E-state index in [-0.39, 0.29) is 29.2 Å². The number of ether oxygens (including phenoxy) is 1. The molecule has 148 valence electrons. The smallest absolute Gasteiger partial charge is 0.306 e. The Kier molecular flexibility index (Phi) is 5.68. The minimum Gasteiger partial charge on any atom is -0.379 e. The summed E-state index contributed by atoms with van der Waals surface area (Å²) in [6, 6.07) is 8.27. The lowest BCUT2D eigenvalue weighted by Gasteiger charge is -2.26. The maximum atomic E-state index is 13.4. The number of rotatable bonds is 5. The highest BCUT2D eigenvalue weighted by Gasteiger charge is 2.26. The lowest BCUT2D eigenvalue weighted by atomic mass is 10.2. The van der Waals surface area contributed by atoms with Gasteiger partial charge in [-0.15, -0.1) is 0 Å². The Hall–Kier alpha value is -2.89. The zero-order valence-corrected chi connectivity index (χ0v) is 15.3. The molecule has 1 saturated heterocycles. The van der Waals surface area contributed by atoms with E-state index in [0.29, 0.717) is 13.2 Å². The molecule has 0 spiro atoms. The topological polar surface area (TPSA) is 119 Å². The SMILES string of the molecule is O=C(Nc1ccc(F)c([N+](=O)[O-])c1)c1ccc(S(=O)(=O)N2CCOCC2)cc1. The molecular formula is C17H16FN3O6S. The van der Waals surface area contributed by atoms with Gasteiger partial charge in [-0.25, -0.2) is 8.42 Å². The summed E-state index contributed by atoms with van der Waals surface area (Å²) in [5, 5.41) is 13.2. The van der Waals surface area contributed by atoms with Gasteiger partial charge >= 0.3 is 5.69 Å². The van der Waals surface area contributed by atoms with Crippen LogP contribution in [0.4, 0.5) is 15.8 Å². The van der Waals surface area contributed by atoms with E-state index in [4.69, 9.17) is 4.74 Å². The molecule has 1 aliphatic rings. The second kappa shape index (κ2) is 8.00. The second-order valence-electron chi connectivity index (χ2n) is 5.92. The van der Waals surface area contributed by atoms with Crippen molar-refractivity contribution in [3.8, 4) is 0 Å². The molecule has 0 atom stereocenters. The monoisotopic (exact) mass is 409 g/mol. The van der Waals surface area contributed by atoms with Gasteiger partial charge in [0.25, 0.3) is 5.91 Å². The van der Waals surface area contributed by atoms with E-state index in [1.54, 1.807) is 0 Å². The number of morpholine rings is 1. The predicted octanol–water partition coefficient (Wildman–Crippen LogP) is 2.01. The molecule has 28 heavy (non-hydrogen) atoms. The van der Waals surface area contributed by atoms with E-state index in [1.165, 1.54) is 34.6 Å². The lowest BCUT2D eigenvalue weighted by molar-refractivity contribution is -0.387. The minimum atomic E-state index is -3.68. The van der Waals surface area contributed by atoms with Crippen molar-refractivity contribution in [2.75, 3.05) is 31.6 Å². The fourth-order valence-electron chi connectivity index (χ4n) is 2.65. The summed E-state index contributed by atoms with van der Waals surface area (Å²) < 4.78 is 44.9. The number of amides is 1. The molecule has 1 amide bonds. The highest BCUT2D eigenvalue weighted by molar-refractivity contribution is 7.89. The van der Waals surface area contributed by atoms with Gasteiger partial charge in [-0.2, -0.15) is 8.70 Å². The summed E-state index contributed by atoms with van der Waals surface area (Å²) in [6.45, 7) is 1.16. The number of benzene rings is 2. The molecule has 0 radical (unpaired) electrons. The van der Waals surface area contributed by atoms with Crippen LogP contribution >= 0.6 is 0 Å². The molecule has 1 fully saturated rings. The van der Waals surface area contributed by atoms with Crippen LogP contribution < -0.4 is 5.32 Å². The molecule has 0 aromatic heterocycles. The first kappa shape index (κ1) is 19.9. The van der Waals surface area contributed by atoms with Crippen LogP contribution in [0.15, 0.2) is 47.4 Å². The van der Waals surface area contributed by atoms with Gasteiger partial charge in [0.15, 0.2) is 0 Å². The summed E-state index contributed by atoms with van der Waals surface area (Å²) >= 11 is 0. The number of nitro benzene ring substituents is 1. The molecule has 3 rings (SSSR count). The van der Waals surface area contributed by atoms with Crippen molar-refractivity contribution in [3.63, 3.8) is 0 Å². The van der Waals surface area contributed by atoms with Crippen LogP contribution in [0.25, 0.3) is 0 Å². The average Bonchev–Trinajstić information content (AvgIpc) is 2.70. The van der Waals surface area contributed by atoms with Gasteiger partial charge in [0.05, 0.1) is 23.0 Å². The third-order valence-corrected chi connectivity index (χ3v) is 6.04. The summed E-state index contributed by atoms with van der Waals surface area (Å²) in [4.78, 5) is 22.2. The standard InChI is InChI=1S/C17H16FN3O6S/c18-15-6-3-13(11-16(15)21(23)24)19-17(22)12-1-4-14(5-2-12)28(25,26)20-7-9-27-10-8-20/h1-6,11H,7-10H2,(H,19,22). The Bertz CT molecular complexity index is 1000. The Morgan fingerprint density at radius 3 is 2.39 bits per heavy atom. The number of carbonyl (C=O) groups excluding carboxylic acids is 1. The molecule has 1 heterocycles. The third kappa shape index (κ3) is 4.16. The van der Waals surface area contributed by atoms with Crippen molar-refractivity contribution < 1.29 is 27.3 Å². The largest absolute Gasteiger partial charge is 0.379 e. The van der Waals surface area contributed by atoms with Crippen LogP contribution in [0.1, 0.15) is 10.4 Å². The highest BCUT2D eigenvalue weighted by Crippen LogP contribution is 2.23. The number of hydrogen-bond donors (Lipinski definition) is 1. The van der Waals surface area contributed by atoms with E-state index in [9.17, 15) is 27.7 Å². The van der Waals surface area contributed by atoms with Crippen LogP contribution in [-0.2, 0) is 14.8 Å². The quantitative estimate of drug-likeness (QED) is 0.596. The molecule has 9 nitrogen and oxygen atoms in total. The molecular weight excluding hydrogens is 393 g/mol. The van der Waals surface area contributed by atoms with E-state index in [1.807, 2.05) is 0 Å². The van der Waals surface area contributed by atoms with Crippen molar-refractivity contribution >= 4 is 27.3 Å². The molecule has 1 aliphatic heterocycles. The van der Waals surface area contributed by atoms with Crippen LogP contribution in [0.3, 0.4) is 0 Å². The van der Waals surface area contributed by atoms with Gasteiger partial charge in [-0.3, -0.25) is 14.9 Å². The first-order valence-electron chi connectivity index (χ1n) is 8.22. The predicted molar refractivity (Wildman–Crippen MR) is 97.0 cm³/mol. The van der Waals surface area contributed by atoms with Crippen molar-refractivity contribution in [1.82, 2.24) is 4.31 Å².